The van der Waals surface area contributed by atoms with Crippen molar-refractivity contribution < 1.29 is 4.74 Å². The Morgan fingerprint density at radius 3 is 2.71 bits per heavy atom. The van der Waals surface area contributed by atoms with E-state index in [1.54, 1.807) is 12.1 Å². The second-order valence-electron chi connectivity index (χ2n) is 3.33. The highest BCUT2D eigenvalue weighted by molar-refractivity contribution is 5.49. The monoisotopic (exact) mass is 232 g/mol. The molecular formula is C11H12N4O2. The second kappa shape index (κ2) is 4.56. The molecule has 1 aromatic heterocycles. The number of hydrogen-bond donors (Lipinski definition) is 3. The SMILES string of the molecule is CNc1ccc(Oc2nc[nH]c(=O)c2N)cc1. The predicted molar refractivity (Wildman–Crippen MR) is 65.3 cm³/mol. The first-order valence-corrected chi connectivity index (χ1v) is 4.99. The van der Waals surface area contributed by atoms with Gasteiger partial charge in [0.05, 0.1) is 6.33 Å². The van der Waals surface area contributed by atoms with Gasteiger partial charge in [-0.15, -0.1) is 0 Å². The van der Waals surface area contributed by atoms with Crippen LogP contribution in [-0.4, -0.2) is 17.0 Å². The average molecular weight is 232 g/mol. The maximum atomic E-state index is 11.2. The highest BCUT2D eigenvalue weighted by Gasteiger charge is 2.06. The maximum absolute atomic E-state index is 11.2. The van der Waals surface area contributed by atoms with Crippen LogP contribution in [0.25, 0.3) is 0 Å². The van der Waals surface area contributed by atoms with Gasteiger partial charge in [-0.2, -0.15) is 0 Å². The minimum Gasteiger partial charge on any atom is -0.437 e. The number of nitrogens with zero attached hydrogens (tertiary/aromatic N) is 1. The topological polar surface area (TPSA) is 93.0 Å². The van der Waals surface area contributed by atoms with Gasteiger partial charge in [0.1, 0.15) is 5.75 Å². The molecule has 6 heteroatoms. The smallest absolute Gasteiger partial charge is 0.277 e. The highest BCUT2D eigenvalue weighted by Crippen LogP contribution is 2.23. The standard InChI is InChI=1S/C11H12N4O2/c1-13-7-2-4-8(5-3-7)17-11-9(12)10(16)14-6-15-11/h2-6,13H,12H2,1H3,(H,14,15,16). The van der Waals surface area contributed by atoms with Crippen LogP contribution in [0.4, 0.5) is 11.4 Å². The van der Waals surface area contributed by atoms with Gasteiger partial charge >= 0.3 is 0 Å². The summed E-state index contributed by atoms with van der Waals surface area (Å²) in [6, 6.07) is 7.21. The maximum Gasteiger partial charge on any atom is 0.277 e. The van der Waals surface area contributed by atoms with Crippen molar-refractivity contribution in [1.82, 2.24) is 9.97 Å². The molecule has 0 saturated heterocycles. The summed E-state index contributed by atoms with van der Waals surface area (Å²) in [6.45, 7) is 0. The van der Waals surface area contributed by atoms with Crippen LogP contribution in [0.3, 0.4) is 0 Å². The Labute approximate surface area is 97.5 Å². The minimum absolute atomic E-state index is 0.0369. The first kappa shape index (κ1) is 11.0. The quantitative estimate of drug-likeness (QED) is 0.739. The van der Waals surface area contributed by atoms with E-state index in [1.165, 1.54) is 6.33 Å². The molecule has 0 unspecified atom stereocenters. The summed E-state index contributed by atoms with van der Waals surface area (Å²) in [6.07, 6.45) is 1.25. The summed E-state index contributed by atoms with van der Waals surface area (Å²) < 4.78 is 5.41. The number of hydrogen-bond acceptors (Lipinski definition) is 5. The van der Waals surface area contributed by atoms with Crippen LogP contribution in [-0.2, 0) is 0 Å². The predicted octanol–water partition coefficient (Wildman–Crippen LogP) is 1.19. The van der Waals surface area contributed by atoms with Crippen molar-refractivity contribution in [3.63, 3.8) is 0 Å². The minimum atomic E-state index is -0.415. The number of nitrogens with one attached hydrogen (secondary N) is 2. The van der Waals surface area contributed by atoms with Gasteiger partial charge in [0.15, 0.2) is 5.69 Å². The molecule has 2 rings (SSSR count). The lowest BCUT2D eigenvalue weighted by atomic mass is 10.3. The Morgan fingerprint density at radius 2 is 2.06 bits per heavy atom. The molecule has 0 aliphatic heterocycles. The molecule has 0 fully saturated rings. The number of H-pyrrole nitrogens is 1. The molecule has 0 saturated carbocycles. The zero-order valence-corrected chi connectivity index (χ0v) is 9.23. The number of aromatic nitrogens is 2. The molecule has 2 aromatic rings. The Hall–Kier alpha value is -2.50. The fraction of sp³-hybridized carbons (Fsp3) is 0.0909. The Balaban J connectivity index is 2.25. The van der Waals surface area contributed by atoms with E-state index in [4.69, 9.17) is 10.5 Å². The van der Waals surface area contributed by atoms with E-state index >= 15 is 0 Å². The number of rotatable bonds is 3. The van der Waals surface area contributed by atoms with E-state index in [2.05, 4.69) is 15.3 Å². The van der Waals surface area contributed by atoms with Crippen molar-refractivity contribution in [2.75, 3.05) is 18.1 Å². The van der Waals surface area contributed by atoms with Gasteiger partial charge in [-0.1, -0.05) is 0 Å². The molecule has 0 radical (unpaired) electrons. The number of nitrogen functional groups attached to an aromatic ring is 1. The fourth-order valence-corrected chi connectivity index (χ4v) is 1.28. The van der Waals surface area contributed by atoms with Crippen molar-refractivity contribution in [3.05, 3.63) is 40.9 Å². The third kappa shape index (κ3) is 2.36. The molecule has 0 spiro atoms. The van der Waals surface area contributed by atoms with Crippen LogP contribution in [0, 0.1) is 0 Å². The third-order valence-electron chi connectivity index (χ3n) is 2.21. The van der Waals surface area contributed by atoms with Gasteiger partial charge in [-0.25, -0.2) is 4.98 Å². The number of ether oxygens (including phenoxy) is 1. The lowest BCUT2D eigenvalue weighted by molar-refractivity contribution is 0.463. The zero-order chi connectivity index (χ0) is 12.3. The van der Waals surface area contributed by atoms with E-state index in [1.807, 2.05) is 19.2 Å². The van der Waals surface area contributed by atoms with Gasteiger partial charge in [0.2, 0.25) is 5.88 Å². The molecule has 6 nitrogen and oxygen atoms in total. The molecule has 4 N–H and O–H groups in total. The van der Waals surface area contributed by atoms with Crippen LogP contribution < -0.4 is 21.3 Å². The zero-order valence-electron chi connectivity index (χ0n) is 9.23. The summed E-state index contributed by atoms with van der Waals surface area (Å²) >= 11 is 0. The van der Waals surface area contributed by atoms with Crippen molar-refractivity contribution in [2.45, 2.75) is 0 Å². The summed E-state index contributed by atoms with van der Waals surface area (Å²) in [5, 5.41) is 2.99. The Kier molecular flexibility index (Phi) is 2.95. The van der Waals surface area contributed by atoms with Gasteiger partial charge in [-0.05, 0) is 24.3 Å². The summed E-state index contributed by atoms with van der Waals surface area (Å²) in [5.41, 5.74) is 6.05. The van der Waals surface area contributed by atoms with E-state index < -0.39 is 5.56 Å². The van der Waals surface area contributed by atoms with Crippen LogP contribution in [0.5, 0.6) is 11.6 Å². The largest absolute Gasteiger partial charge is 0.437 e. The van der Waals surface area contributed by atoms with Crippen molar-refractivity contribution >= 4 is 11.4 Å². The number of aromatic amines is 1. The highest BCUT2D eigenvalue weighted by atomic mass is 16.5. The molecule has 0 aliphatic rings. The molecule has 1 heterocycles. The van der Waals surface area contributed by atoms with E-state index in [0.717, 1.165) is 5.69 Å². The van der Waals surface area contributed by atoms with Crippen molar-refractivity contribution in [1.29, 1.82) is 0 Å². The molecule has 1 aromatic carbocycles. The van der Waals surface area contributed by atoms with Crippen molar-refractivity contribution in [3.8, 4) is 11.6 Å². The van der Waals surface area contributed by atoms with E-state index in [9.17, 15) is 4.79 Å². The average Bonchev–Trinajstić information content (AvgIpc) is 2.36. The summed E-state index contributed by atoms with van der Waals surface area (Å²) in [5.74, 6) is 0.666. The van der Waals surface area contributed by atoms with Crippen molar-refractivity contribution in [2.24, 2.45) is 0 Å². The Bertz CT molecular complexity index is 562. The first-order valence-electron chi connectivity index (χ1n) is 4.99. The molecule has 0 amide bonds. The first-order chi connectivity index (χ1) is 8.20. The third-order valence-corrected chi connectivity index (χ3v) is 2.21. The molecule has 17 heavy (non-hydrogen) atoms. The number of benzene rings is 1. The molecular weight excluding hydrogens is 220 g/mol. The lowest BCUT2D eigenvalue weighted by Crippen LogP contribution is -2.13. The number of anilines is 2. The van der Waals surface area contributed by atoms with Gasteiger partial charge < -0.3 is 20.8 Å². The van der Waals surface area contributed by atoms with Crippen LogP contribution in [0.1, 0.15) is 0 Å². The Morgan fingerprint density at radius 1 is 1.35 bits per heavy atom. The molecule has 0 atom stereocenters. The number of nitrogens with two attached hydrogens (primary N) is 1. The van der Waals surface area contributed by atoms with Gasteiger partial charge in [-0.3, -0.25) is 4.79 Å². The van der Waals surface area contributed by atoms with Crippen LogP contribution >= 0.6 is 0 Å². The van der Waals surface area contributed by atoms with E-state index in [-0.39, 0.29) is 11.6 Å². The molecule has 0 aliphatic carbocycles. The lowest BCUT2D eigenvalue weighted by Gasteiger charge is -2.06. The van der Waals surface area contributed by atoms with Crippen LogP contribution in [0.15, 0.2) is 35.4 Å². The molecule has 88 valence electrons. The summed E-state index contributed by atoms with van der Waals surface area (Å²) in [7, 11) is 1.83. The van der Waals surface area contributed by atoms with Gasteiger partial charge in [0.25, 0.3) is 5.56 Å². The van der Waals surface area contributed by atoms with E-state index in [0.29, 0.717) is 5.75 Å². The fourth-order valence-electron chi connectivity index (χ4n) is 1.28. The van der Waals surface area contributed by atoms with Gasteiger partial charge in [0, 0.05) is 12.7 Å². The summed E-state index contributed by atoms with van der Waals surface area (Å²) in [4.78, 5) is 17.4. The normalized spacial score (nSPS) is 9.94. The van der Waals surface area contributed by atoms with Crippen LogP contribution in [0.2, 0.25) is 0 Å². The second-order valence-corrected chi connectivity index (χ2v) is 3.33. The molecule has 0 bridgehead atoms.